The molecular formula is C11H22O2Si. The minimum absolute atomic E-state index is 0.152. The Labute approximate surface area is 88.4 Å². The summed E-state index contributed by atoms with van der Waals surface area (Å²) in [6, 6.07) is 0. The van der Waals surface area contributed by atoms with Crippen LogP contribution >= 0.6 is 0 Å². The second-order valence-corrected chi connectivity index (χ2v) is 9.70. The molecule has 0 heterocycles. The van der Waals surface area contributed by atoms with E-state index in [1.807, 2.05) is 6.92 Å². The van der Waals surface area contributed by atoms with Gasteiger partial charge in [-0.15, -0.1) is 0 Å². The quantitative estimate of drug-likeness (QED) is 0.304. The van der Waals surface area contributed by atoms with E-state index in [0.717, 1.165) is 18.4 Å². The molecule has 14 heavy (non-hydrogen) atoms. The molecule has 0 aromatic rings. The zero-order valence-electron chi connectivity index (χ0n) is 10.0. The normalized spacial score (nSPS) is 12.8. The van der Waals surface area contributed by atoms with E-state index in [2.05, 4.69) is 32.3 Å². The summed E-state index contributed by atoms with van der Waals surface area (Å²) in [5.41, 5.74) is 2.85. The van der Waals surface area contributed by atoms with E-state index in [0.29, 0.717) is 6.61 Å². The maximum absolute atomic E-state index is 11.4. The van der Waals surface area contributed by atoms with E-state index in [4.69, 9.17) is 4.74 Å². The number of hydrogen-bond donors (Lipinski definition) is 0. The summed E-state index contributed by atoms with van der Waals surface area (Å²) in [4.78, 5) is 11.4. The summed E-state index contributed by atoms with van der Waals surface area (Å²) in [6.07, 6.45) is 2.01. The predicted octanol–water partition coefficient (Wildman–Crippen LogP) is 3.15. The first-order valence-electron chi connectivity index (χ1n) is 5.23. The highest BCUT2D eigenvalue weighted by Crippen LogP contribution is 2.08. The second kappa shape index (κ2) is 6.01. The molecule has 0 aliphatic rings. The van der Waals surface area contributed by atoms with Crippen molar-refractivity contribution in [3.05, 3.63) is 11.3 Å². The number of hydrogen-bond acceptors (Lipinski definition) is 2. The van der Waals surface area contributed by atoms with Gasteiger partial charge in [0.2, 0.25) is 0 Å². The molecule has 0 aliphatic carbocycles. The molecule has 0 radical (unpaired) electrons. The zero-order chi connectivity index (χ0) is 11.2. The van der Waals surface area contributed by atoms with Crippen LogP contribution in [0.2, 0.25) is 19.6 Å². The summed E-state index contributed by atoms with van der Waals surface area (Å²) in [6.45, 7) is 11.1. The molecule has 0 amide bonds. The molecule has 3 heteroatoms. The minimum Gasteiger partial charge on any atom is -0.462 e. The summed E-state index contributed by atoms with van der Waals surface area (Å²) in [5.74, 6) is -0.152. The monoisotopic (exact) mass is 214 g/mol. The molecule has 82 valence electrons. The Balaban J connectivity index is 4.06. The minimum atomic E-state index is -1.29. The van der Waals surface area contributed by atoms with Gasteiger partial charge in [0.25, 0.3) is 0 Å². The lowest BCUT2D eigenvalue weighted by atomic mass is 10.3. The zero-order valence-corrected chi connectivity index (χ0v) is 11.0. The Hall–Kier alpha value is -0.573. The number of rotatable bonds is 5. The molecular weight excluding hydrogens is 192 g/mol. The van der Waals surface area contributed by atoms with Gasteiger partial charge in [-0.25, -0.2) is 4.79 Å². The van der Waals surface area contributed by atoms with E-state index in [-0.39, 0.29) is 5.97 Å². The number of carbonyl (C=O) groups is 1. The van der Waals surface area contributed by atoms with Crippen molar-refractivity contribution in [1.29, 1.82) is 0 Å². The summed E-state index contributed by atoms with van der Waals surface area (Å²) < 4.78 is 5.11. The van der Waals surface area contributed by atoms with Gasteiger partial charge in [-0.2, -0.15) is 0 Å². The standard InChI is InChI=1S/C11H22O2Si/c1-6-7-8-13-11(12)10(2)9-14(3,4)5/h9H,6-8H2,1-5H3/b10-9+. The number of unbranched alkanes of at least 4 members (excludes halogenated alkanes) is 1. The Morgan fingerprint density at radius 1 is 1.36 bits per heavy atom. The van der Waals surface area contributed by atoms with Crippen LogP contribution in [0, 0.1) is 0 Å². The predicted molar refractivity (Wildman–Crippen MR) is 63.0 cm³/mol. The van der Waals surface area contributed by atoms with Crippen LogP contribution in [0.25, 0.3) is 0 Å². The molecule has 0 aromatic heterocycles. The molecule has 0 rings (SSSR count). The Morgan fingerprint density at radius 2 is 1.93 bits per heavy atom. The maximum Gasteiger partial charge on any atom is 0.332 e. The highest BCUT2D eigenvalue weighted by atomic mass is 28.3. The van der Waals surface area contributed by atoms with Crippen LogP contribution in [0.5, 0.6) is 0 Å². The highest BCUT2D eigenvalue weighted by Gasteiger charge is 2.13. The van der Waals surface area contributed by atoms with Crippen molar-refractivity contribution in [3.63, 3.8) is 0 Å². The molecule has 0 atom stereocenters. The van der Waals surface area contributed by atoms with Gasteiger partial charge in [0.1, 0.15) is 0 Å². The smallest absolute Gasteiger partial charge is 0.332 e. The van der Waals surface area contributed by atoms with E-state index in [1.165, 1.54) is 0 Å². The lowest BCUT2D eigenvalue weighted by molar-refractivity contribution is -0.139. The Morgan fingerprint density at radius 3 is 2.36 bits per heavy atom. The molecule has 0 saturated heterocycles. The van der Waals surface area contributed by atoms with Crippen molar-refractivity contribution in [2.75, 3.05) is 6.61 Å². The van der Waals surface area contributed by atoms with Gasteiger partial charge in [-0.1, -0.05) is 38.7 Å². The summed E-state index contributed by atoms with van der Waals surface area (Å²) >= 11 is 0. The average molecular weight is 214 g/mol. The van der Waals surface area contributed by atoms with Gasteiger partial charge in [0.05, 0.1) is 14.7 Å². The van der Waals surface area contributed by atoms with Crippen molar-refractivity contribution >= 4 is 14.0 Å². The van der Waals surface area contributed by atoms with E-state index in [9.17, 15) is 4.79 Å². The molecule has 0 aliphatic heterocycles. The molecule has 0 fully saturated rings. The lowest BCUT2D eigenvalue weighted by Crippen LogP contribution is -2.19. The van der Waals surface area contributed by atoms with E-state index >= 15 is 0 Å². The van der Waals surface area contributed by atoms with Gasteiger partial charge in [-0.05, 0) is 13.3 Å². The Kier molecular flexibility index (Phi) is 5.77. The van der Waals surface area contributed by atoms with Crippen LogP contribution in [-0.4, -0.2) is 20.7 Å². The van der Waals surface area contributed by atoms with Gasteiger partial charge < -0.3 is 4.74 Å². The Bertz CT molecular complexity index is 214. The number of esters is 1. The van der Waals surface area contributed by atoms with Crippen LogP contribution in [-0.2, 0) is 9.53 Å². The topological polar surface area (TPSA) is 26.3 Å². The van der Waals surface area contributed by atoms with E-state index < -0.39 is 8.07 Å². The van der Waals surface area contributed by atoms with Crippen molar-refractivity contribution in [2.45, 2.75) is 46.3 Å². The molecule has 0 unspecified atom stereocenters. The third kappa shape index (κ3) is 6.89. The number of ether oxygens (including phenoxy) is 1. The SMILES string of the molecule is CCCCOC(=O)/C(C)=C/[Si](C)(C)C. The third-order valence-corrected chi connectivity index (χ3v) is 3.00. The molecule has 0 aromatic carbocycles. The summed E-state index contributed by atoms with van der Waals surface area (Å²) in [5, 5.41) is 0. The van der Waals surface area contributed by atoms with Gasteiger partial charge in [-0.3, -0.25) is 0 Å². The van der Waals surface area contributed by atoms with Gasteiger partial charge in [0.15, 0.2) is 0 Å². The van der Waals surface area contributed by atoms with Gasteiger partial charge in [0, 0.05) is 5.57 Å². The highest BCUT2D eigenvalue weighted by molar-refractivity contribution is 6.81. The van der Waals surface area contributed by atoms with Crippen LogP contribution in [0.4, 0.5) is 0 Å². The van der Waals surface area contributed by atoms with Crippen molar-refractivity contribution in [1.82, 2.24) is 0 Å². The molecule has 0 N–H and O–H groups in total. The largest absolute Gasteiger partial charge is 0.462 e. The molecule has 0 saturated carbocycles. The second-order valence-electron chi connectivity index (χ2n) is 4.68. The first-order chi connectivity index (χ1) is 6.37. The molecule has 2 nitrogen and oxygen atoms in total. The number of carbonyl (C=O) groups excluding carboxylic acids is 1. The van der Waals surface area contributed by atoms with Crippen LogP contribution < -0.4 is 0 Å². The van der Waals surface area contributed by atoms with Crippen molar-refractivity contribution < 1.29 is 9.53 Å². The average Bonchev–Trinajstić information content (AvgIpc) is 2.01. The lowest BCUT2D eigenvalue weighted by Gasteiger charge is -2.11. The molecule has 0 spiro atoms. The fraction of sp³-hybridized carbons (Fsp3) is 0.727. The first-order valence-corrected chi connectivity index (χ1v) is 8.81. The van der Waals surface area contributed by atoms with Crippen LogP contribution in [0.1, 0.15) is 26.7 Å². The van der Waals surface area contributed by atoms with Crippen LogP contribution in [0.3, 0.4) is 0 Å². The third-order valence-electron chi connectivity index (χ3n) is 1.70. The first kappa shape index (κ1) is 13.4. The van der Waals surface area contributed by atoms with Crippen molar-refractivity contribution in [2.24, 2.45) is 0 Å². The fourth-order valence-corrected chi connectivity index (χ4v) is 2.55. The van der Waals surface area contributed by atoms with Gasteiger partial charge >= 0.3 is 5.97 Å². The fourth-order valence-electron chi connectivity index (χ4n) is 1.13. The van der Waals surface area contributed by atoms with Crippen molar-refractivity contribution in [3.8, 4) is 0 Å². The maximum atomic E-state index is 11.4. The van der Waals surface area contributed by atoms with Crippen LogP contribution in [0.15, 0.2) is 11.3 Å². The molecule has 0 bridgehead atoms. The summed E-state index contributed by atoms with van der Waals surface area (Å²) in [7, 11) is -1.29. The van der Waals surface area contributed by atoms with E-state index in [1.54, 1.807) is 0 Å².